The smallest absolute Gasteiger partial charge is 0.123 e. The molecule has 1 aromatic rings. The van der Waals surface area contributed by atoms with Crippen LogP contribution < -0.4 is 5.73 Å². The molecule has 88 valence electrons. The molecule has 0 heterocycles. The van der Waals surface area contributed by atoms with Crippen LogP contribution in [0.2, 0.25) is 0 Å². The number of rotatable bonds is 5. The minimum Gasteiger partial charge on any atom is -0.327 e. The average Bonchev–Trinajstić information content (AvgIpc) is 3.04. The highest BCUT2D eigenvalue weighted by Gasteiger charge is 2.27. The van der Waals surface area contributed by atoms with Gasteiger partial charge in [-0.3, -0.25) is 0 Å². The first-order valence-electron chi connectivity index (χ1n) is 6.17. The van der Waals surface area contributed by atoms with E-state index in [0.29, 0.717) is 6.04 Å². The topological polar surface area (TPSA) is 26.0 Å². The van der Waals surface area contributed by atoms with Gasteiger partial charge in [0.05, 0.1) is 0 Å². The predicted octanol–water partition coefficient (Wildman–Crippen LogP) is 3.19. The summed E-state index contributed by atoms with van der Waals surface area (Å²) in [5.41, 5.74) is 8.35. The number of hydrogen-bond acceptors (Lipinski definition) is 1. The number of hydrogen-bond donors (Lipinski definition) is 1. The Bertz CT molecular complexity index is 358. The molecule has 0 bridgehead atoms. The van der Waals surface area contributed by atoms with E-state index in [1.807, 2.05) is 13.0 Å². The molecule has 1 atom stereocenters. The largest absolute Gasteiger partial charge is 0.327 e. The third-order valence-electron chi connectivity index (χ3n) is 3.52. The molecule has 2 heteroatoms. The molecule has 1 unspecified atom stereocenters. The monoisotopic (exact) mass is 221 g/mol. The Balaban J connectivity index is 1.80. The van der Waals surface area contributed by atoms with Crippen LogP contribution in [0.15, 0.2) is 18.2 Å². The van der Waals surface area contributed by atoms with Gasteiger partial charge in [0.1, 0.15) is 5.82 Å². The Morgan fingerprint density at radius 1 is 1.44 bits per heavy atom. The Hall–Kier alpha value is -0.890. The zero-order valence-electron chi connectivity index (χ0n) is 9.88. The lowest BCUT2D eigenvalue weighted by Gasteiger charge is -2.10. The molecule has 2 N–H and O–H groups in total. The van der Waals surface area contributed by atoms with Crippen LogP contribution in [0.1, 0.15) is 36.8 Å². The highest BCUT2D eigenvalue weighted by atomic mass is 19.1. The van der Waals surface area contributed by atoms with Gasteiger partial charge in [0.15, 0.2) is 0 Å². The van der Waals surface area contributed by atoms with Crippen molar-refractivity contribution < 1.29 is 4.39 Å². The van der Waals surface area contributed by atoms with Gasteiger partial charge in [0, 0.05) is 6.04 Å². The summed E-state index contributed by atoms with van der Waals surface area (Å²) >= 11 is 0. The van der Waals surface area contributed by atoms with Gasteiger partial charge in [-0.15, -0.1) is 0 Å². The van der Waals surface area contributed by atoms with Crippen molar-refractivity contribution in [2.75, 3.05) is 0 Å². The van der Waals surface area contributed by atoms with Gasteiger partial charge in [-0.25, -0.2) is 4.39 Å². The molecule has 0 spiro atoms. The van der Waals surface area contributed by atoms with Gasteiger partial charge in [0.25, 0.3) is 0 Å². The molecule has 1 aromatic carbocycles. The lowest BCUT2D eigenvalue weighted by molar-refractivity contribution is 0.528. The van der Waals surface area contributed by atoms with Crippen molar-refractivity contribution in [1.82, 2.24) is 0 Å². The van der Waals surface area contributed by atoms with Crippen molar-refractivity contribution in [3.63, 3.8) is 0 Å². The Labute approximate surface area is 96.9 Å². The second kappa shape index (κ2) is 4.96. The average molecular weight is 221 g/mol. The van der Waals surface area contributed by atoms with Crippen LogP contribution in [0.25, 0.3) is 0 Å². The van der Waals surface area contributed by atoms with E-state index >= 15 is 0 Å². The standard InChI is InChI=1S/C14H20FN/c1-10-9-13(15)8-7-11(10)3-2-4-14(16)12-5-6-12/h7-9,12,14H,2-6,16H2,1H3. The van der Waals surface area contributed by atoms with E-state index in [0.717, 1.165) is 30.7 Å². The Morgan fingerprint density at radius 3 is 2.81 bits per heavy atom. The van der Waals surface area contributed by atoms with Gasteiger partial charge in [-0.1, -0.05) is 6.07 Å². The van der Waals surface area contributed by atoms with Crippen LogP contribution in [0.4, 0.5) is 4.39 Å². The normalized spacial score (nSPS) is 17.4. The van der Waals surface area contributed by atoms with E-state index in [2.05, 4.69) is 0 Å². The van der Waals surface area contributed by atoms with E-state index in [1.54, 1.807) is 12.1 Å². The number of aryl methyl sites for hydroxylation is 2. The summed E-state index contributed by atoms with van der Waals surface area (Å²) in [6.07, 6.45) is 5.87. The summed E-state index contributed by atoms with van der Waals surface area (Å²) in [4.78, 5) is 0. The molecule has 0 saturated heterocycles. The molecule has 1 fully saturated rings. The summed E-state index contributed by atoms with van der Waals surface area (Å²) in [5, 5.41) is 0. The van der Waals surface area contributed by atoms with E-state index in [1.165, 1.54) is 18.4 Å². The Morgan fingerprint density at radius 2 is 2.19 bits per heavy atom. The minimum atomic E-state index is -0.143. The van der Waals surface area contributed by atoms with Crippen molar-refractivity contribution in [1.29, 1.82) is 0 Å². The number of halogens is 1. The van der Waals surface area contributed by atoms with Crippen molar-refractivity contribution >= 4 is 0 Å². The third-order valence-corrected chi connectivity index (χ3v) is 3.52. The van der Waals surface area contributed by atoms with Gasteiger partial charge >= 0.3 is 0 Å². The van der Waals surface area contributed by atoms with Crippen LogP contribution in [-0.4, -0.2) is 6.04 Å². The maximum atomic E-state index is 12.9. The molecule has 2 rings (SSSR count). The van der Waals surface area contributed by atoms with Crippen LogP contribution in [0, 0.1) is 18.7 Å². The van der Waals surface area contributed by atoms with Gasteiger partial charge < -0.3 is 5.73 Å². The zero-order valence-corrected chi connectivity index (χ0v) is 9.88. The molecule has 1 saturated carbocycles. The van der Waals surface area contributed by atoms with Gasteiger partial charge in [-0.2, -0.15) is 0 Å². The second-order valence-corrected chi connectivity index (χ2v) is 4.96. The van der Waals surface area contributed by atoms with Gasteiger partial charge in [0.2, 0.25) is 0 Å². The summed E-state index contributed by atoms with van der Waals surface area (Å²) in [6.45, 7) is 1.97. The van der Waals surface area contributed by atoms with Crippen LogP contribution in [-0.2, 0) is 6.42 Å². The highest BCUT2D eigenvalue weighted by Crippen LogP contribution is 2.33. The molecule has 1 nitrogen and oxygen atoms in total. The highest BCUT2D eigenvalue weighted by molar-refractivity contribution is 5.26. The molecule has 16 heavy (non-hydrogen) atoms. The molecule has 0 radical (unpaired) electrons. The molecule has 0 aromatic heterocycles. The maximum absolute atomic E-state index is 12.9. The SMILES string of the molecule is Cc1cc(F)ccc1CCCC(N)C1CC1. The Kier molecular flexibility index (Phi) is 3.59. The first-order chi connectivity index (χ1) is 7.66. The lowest BCUT2D eigenvalue weighted by Crippen LogP contribution is -2.22. The van der Waals surface area contributed by atoms with Crippen molar-refractivity contribution in [3.05, 3.63) is 35.1 Å². The summed E-state index contributed by atoms with van der Waals surface area (Å²) in [6, 6.07) is 5.44. The van der Waals surface area contributed by atoms with E-state index in [-0.39, 0.29) is 5.82 Å². The molecule has 0 aliphatic heterocycles. The summed E-state index contributed by atoms with van der Waals surface area (Å²) in [7, 11) is 0. The fraction of sp³-hybridized carbons (Fsp3) is 0.571. The summed E-state index contributed by atoms with van der Waals surface area (Å²) in [5.74, 6) is 0.644. The molecular weight excluding hydrogens is 201 g/mol. The molecule has 0 amide bonds. The van der Waals surface area contributed by atoms with E-state index in [4.69, 9.17) is 5.73 Å². The third kappa shape index (κ3) is 3.05. The van der Waals surface area contributed by atoms with Crippen molar-refractivity contribution in [2.24, 2.45) is 11.7 Å². The zero-order chi connectivity index (χ0) is 11.5. The first kappa shape index (κ1) is 11.6. The van der Waals surface area contributed by atoms with Crippen molar-refractivity contribution in [3.8, 4) is 0 Å². The quantitative estimate of drug-likeness (QED) is 0.812. The molecule has 1 aliphatic rings. The minimum absolute atomic E-state index is 0.143. The fourth-order valence-electron chi connectivity index (χ4n) is 2.23. The van der Waals surface area contributed by atoms with Crippen LogP contribution in [0.5, 0.6) is 0 Å². The van der Waals surface area contributed by atoms with Crippen LogP contribution in [0.3, 0.4) is 0 Å². The first-order valence-corrected chi connectivity index (χ1v) is 6.17. The number of nitrogens with two attached hydrogens (primary N) is 1. The predicted molar refractivity (Wildman–Crippen MR) is 64.8 cm³/mol. The second-order valence-electron chi connectivity index (χ2n) is 4.96. The number of benzene rings is 1. The van der Waals surface area contributed by atoms with Crippen LogP contribution >= 0.6 is 0 Å². The van der Waals surface area contributed by atoms with E-state index in [9.17, 15) is 4.39 Å². The van der Waals surface area contributed by atoms with Crippen molar-refractivity contribution in [2.45, 2.75) is 45.1 Å². The van der Waals surface area contributed by atoms with Gasteiger partial charge in [-0.05, 0) is 68.2 Å². The molecule has 1 aliphatic carbocycles. The fourth-order valence-corrected chi connectivity index (χ4v) is 2.23. The lowest BCUT2D eigenvalue weighted by atomic mass is 9.99. The molecular formula is C14H20FN. The van der Waals surface area contributed by atoms with E-state index < -0.39 is 0 Å². The summed E-state index contributed by atoms with van der Waals surface area (Å²) < 4.78 is 12.9. The maximum Gasteiger partial charge on any atom is 0.123 e.